The molecule has 1 nitrogen and oxygen atoms in total. The number of benzene rings is 3. The van der Waals surface area contributed by atoms with Crippen molar-refractivity contribution in [3.63, 3.8) is 0 Å². The van der Waals surface area contributed by atoms with Gasteiger partial charge in [-0.25, -0.2) is 0 Å². The van der Waals surface area contributed by atoms with Crippen molar-refractivity contribution in [2.75, 3.05) is 13.6 Å². The number of fused-ring (bicyclic) bond motifs is 1. The second-order valence-corrected chi connectivity index (χ2v) is 8.24. The summed E-state index contributed by atoms with van der Waals surface area (Å²) in [5, 5.41) is 2.64. The van der Waals surface area contributed by atoms with Gasteiger partial charge in [-0.3, -0.25) is 4.90 Å². The first-order valence-corrected chi connectivity index (χ1v) is 9.28. The highest BCUT2D eigenvalue weighted by Crippen LogP contribution is 2.25. The van der Waals surface area contributed by atoms with Crippen molar-refractivity contribution < 1.29 is 0 Å². The van der Waals surface area contributed by atoms with Crippen molar-refractivity contribution in [3.05, 3.63) is 90.0 Å². The number of hydrogen-bond acceptors (Lipinski definition) is 1. The summed E-state index contributed by atoms with van der Waals surface area (Å²) in [5.41, 5.74) is 5.29. The Morgan fingerprint density at radius 2 is 1.54 bits per heavy atom. The molecule has 0 radical (unpaired) electrons. The van der Waals surface area contributed by atoms with Gasteiger partial charge >= 0.3 is 0 Å². The van der Waals surface area contributed by atoms with E-state index in [4.69, 9.17) is 0 Å². The second kappa shape index (κ2) is 7.47. The zero-order valence-corrected chi connectivity index (χ0v) is 16.4. The Hall–Kier alpha value is -2.38. The van der Waals surface area contributed by atoms with Gasteiger partial charge in [0.15, 0.2) is 0 Å². The van der Waals surface area contributed by atoms with Crippen LogP contribution < -0.4 is 0 Å². The fourth-order valence-electron chi connectivity index (χ4n) is 3.40. The zero-order valence-electron chi connectivity index (χ0n) is 16.4. The van der Waals surface area contributed by atoms with Crippen molar-refractivity contribution in [1.82, 2.24) is 4.90 Å². The summed E-state index contributed by atoms with van der Waals surface area (Å²) in [6.45, 7) is 12.8. The van der Waals surface area contributed by atoms with E-state index in [0.717, 1.165) is 18.7 Å². The molecule has 0 aliphatic rings. The summed E-state index contributed by atoms with van der Waals surface area (Å²) in [5.74, 6) is 0. The Labute approximate surface area is 158 Å². The lowest BCUT2D eigenvalue weighted by Crippen LogP contribution is -2.20. The maximum absolute atomic E-state index is 4.32. The molecule has 1 heteroatoms. The van der Waals surface area contributed by atoms with Gasteiger partial charge in [0.25, 0.3) is 0 Å². The summed E-state index contributed by atoms with van der Waals surface area (Å²) in [6.07, 6.45) is 0. The third-order valence-electron chi connectivity index (χ3n) is 4.94. The van der Waals surface area contributed by atoms with Crippen LogP contribution in [0.5, 0.6) is 0 Å². The average molecular weight is 344 g/mol. The quantitative estimate of drug-likeness (QED) is 0.527. The van der Waals surface area contributed by atoms with Gasteiger partial charge in [0, 0.05) is 13.1 Å². The van der Waals surface area contributed by atoms with Gasteiger partial charge in [0.05, 0.1) is 0 Å². The molecule has 3 aromatic rings. The van der Waals surface area contributed by atoms with Crippen LogP contribution in [0.2, 0.25) is 0 Å². The van der Waals surface area contributed by atoms with Crippen LogP contribution in [0.15, 0.2) is 73.3 Å². The lowest BCUT2D eigenvalue weighted by Gasteiger charge is -2.21. The number of likely N-dealkylation sites (N-methyl/N-ethyl adjacent to an activating group) is 1. The highest BCUT2D eigenvalue weighted by Gasteiger charge is 2.13. The molecular weight excluding hydrogens is 314 g/mol. The Kier molecular flexibility index (Phi) is 5.29. The minimum absolute atomic E-state index is 0.186. The van der Waals surface area contributed by atoms with Gasteiger partial charge in [-0.15, -0.1) is 0 Å². The van der Waals surface area contributed by atoms with Crippen LogP contribution in [0.1, 0.15) is 37.5 Å². The van der Waals surface area contributed by atoms with Gasteiger partial charge < -0.3 is 0 Å². The maximum Gasteiger partial charge on any atom is 0.0240 e. The van der Waals surface area contributed by atoms with E-state index in [1.54, 1.807) is 0 Å². The minimum atomic E-state index is 0.186. The summed E-state index contributed by atoms with van der Waals surface area (Å²) in [7, 11) is 2.16. The molecule has 0 amide bonds. The number of hydrogen-bond donors (Lipinski definition) is 0. The van der Waals surface area contributed by atoms with E-state index in [0.29, 0.717) is 0 Å². The molecule has 26 heavy (non-hydrogen) atoms. The molecule has 0 heterocycles. The smallest absolute Gasteiger partial charge is 0.0240 e. The summed E-state index contributed by atoms with van der Waals surface area (Å²) in [4.78, 5) is 2.34. The van der Waals surface area contributed by atoms with Gasteiger partial charge in [0.2, 0.25) is 0 Å². The van der Waals surface area contributed by atoms with Gasteiger partial charge in [-0.2, -0.15) is 0 Å². The highest BCUT2D eigenvalue weighted by atomic mass is 15.1. The molecule has 0 aliphatic carbocycles. The van der Waals surface area contributed by atoms with E-state index >= 15 is 0 Å². The van der Waals surface area contributed by atoms with E-state index in [9.17, 15) is 0 Å². The summed E-state index contributed by atoms with van der Waals surface area (Å²) >= 11 is 0. The van der Waals surface area contributed by atoms with E-state index in [2.05, 4.69) is 106 Å². The first kappa shape index (κ1) is 18.4. The molecule has 3 aromatic carbocycles. The van der Waals surface area contributed by atoms with Crippen LogP contribution in [-0.2, 0) is 12.0 Å². The topological polar surface area (TPSA) is 3.24 Å². The monoisotopic (exact) mass is 343 g/mol. The van der Waals surface area contributed by atoms with Crippen molar-refractivity contribution in [3.8, 4) is 0 Å². The first-order valence-electron chi connectivity index (χ1n) is 9.28. The fraction of sp³-hybridized carbons (Fsp3) is 0.280. The van der Waals surface area contributed by atoms with Gasteiger partial charge in [-0.05, 0) is 45.5 Å². The van der Waals surface area contributed by atoms with E-state index < -0.39 is 0 Å². The molecule has 0 aliphatic heterocycles. The maximum atomic E-state index is 4.32. The molecule has 0 saturated heterocycles. The SMILES string of the molecule is C=C(CN(C)Cc1cccc2ccccc12)c1ccc(C(C)(C)C)cc1. The van der Waals surface area contributed by atoms with Crippen LogP contribution >= 0.6 is 0 Å². The zero-order chi connectivity index (χ0) is 18.7. The average Bonchev–Trinajstić information content (AvgIpc) is 2.61. The largest absolute Gasteiger partial charge is 0.298 e. The Morgan fingerprint density at radius 1 is 0.885 bits per heavy atom. The standard InChI is InChI=1S/C25H29N/c1-19(20-13-15-23(16-14-20)25(2,3)4)17-26(5)18-22-11-8-10-21-9-6-7-12-24(21)22/h6-16H,1,17-18H2,2-5H3. The van der Waals surface area contributed by atoms with E-state index in [1.807, 2.05) is 0 Å². The van der Waals surface area contributed by atoms with Crippen molar-refractivity contribution in [2.45, 2.75) is 32.7 Å². The first-order chi connectivity index (χ1) is 12.3. The normalized spacial score (nSPS) is 11.9. The molecule has 0 fully saturated rings. The van der Waals surface area contributed by atoms with Crippen LogP contribution in [-0.4, -0.2) is 18.5 Å². The minimum Gasteiger partial charge on any atom is -0.298 e. The summed E-state index contributed by atoms with van der Waals surface area (Å²) in [6, 6.07) is 24.0. The van der Waals surface area contributed by atoms with Gasteiger partial charge in [-0.1, -0.05) is 94.1 Å². The van der Waals surface area contributed by atoms with Crippen LogP contribution in [0.4, 0.5) is 0 Å². The van der Waals surface area contributed by atoms with Crippen LogP contribution in [0, 0.1) is 0 Å². The van der Waals surface area contributed by atoms with Crippen molar-refractivity contribution in [2.24, 2.45) is 0 Å². The molecule has 0 N–H and O–H groups in total. The lowest BCUT2D eigenvalue weighted by atomic mass is 9.86. The van der Waals surface area contributed by atoms with E-state index in [-0.39, 0.29) is 5.41 Å². The Balaban J connectivity index is 1.69. The molecule has 134 valence electrons. The summed E-state index contributed by atoms with van der Waals surface area (Å²) < 4.78 is 0. The van der Waals surface area contributed by atoms with Crippen molar-refractivity contribution >= 4 is 16.3 Å². The second-order valence-electron chi connectivity index (χ2n) is 8.24. The van der Waals surface area contributed by atoms with Crippen LogP contribution in [0.25, 0.3) is 16.3 Å². The van der Waals surface area contributed by atoms with E-state index in [1.165, 1.54) is 27.5 Å². The Bertz CT molecular complexity index is 892. The molecule has 0 spiro atoms. The predicted octanol–water partition coefficient (Wildman–Crippen LogP) is 6.28. The third kappa shape index (κ3) is 4.23. The molecular formula is C25H29N. The molecule has 3 rings (SSSR count). The predicted molar refractivity (Wildman–Crippen MR) is 114 cm³/mol. The highest BCUT2D eigenvalue weighted by molar-refractivity contribution is 5.85. The van der Waals surface area contributed by atoms with Crippen LogP contribution in [0.3, 0.4) is 0 Å². The molecule has 0 saturated carbocycles. The number of nitrogens with zero attached hydrogens (tertiary/aromatic N) is 1. The molecule has 0 aromatic heterocycles. The van der Waals surface area contributed by atoms with Gasteiger partial charge in [0.1, 0.15) is 0 Å². The molecule has 0 unspecified atom stereocenters. The third-order valence-corrected chi connectivity index (χ3v) is 4.94. The molecule has 0 bridgehead atoms. The molecule has 0 atom stereocenters. The fourth-order valence-corrected chi connectivity index (χ4v) is 3.40. The number of rotatable bonds is 5. The lowest BCUT2D eigenvalue weighted by molar-refractivity contribution is 0.370. The Morgan fingerprint density at radius 3 is 2.23 bits per heavy atom. The van der Waals surface area contributed by atoms with Crippen molar-refractivity contribution in [1.29, 1.82) is 0 Å².